The van der Waals surface area contributed by atoms with Crippen LogP contribution in [0.5, 0.6) is 0 Å². The van der Waals surface area contributed by atoms with Crippen LogP contribution in [0.25, 0.3) is 5.65 Å². The predicted molar refractivity (Wildman–Crippen MR) is 29.6 cm³/mol. The van der Waals surface area contributed by atoms with Crippen molar-refractivity contribution < 1.29 is 0 Å². The summed E-state index contributed by atoms with van der Waals surface area (Å²) in [6, 6.07) is 2.81. The van der Waals surface area contributed by atoms with Crippen LogP contribution in [-0.4, -0.2) is 19.6 Å². The molecular weight excluding hydrogens is 116 g/mol. The molecule has 0 aliphatic carbocycles. The molecule has 0 N–H and O–H groups in total. The van der Waals surface area contributed by atoms with Crippen molar-refractivity contribution in [1.82, 2.24) is 19.6 Å². The first-order valence-electron chi connectivity index (χ1n) is 2.48. The normalized spacial score (nSPS) is 10.2. The zero-order valence-electron chi connectivity index (χ0n) is 4.52. The van der Waals surface area contributed by atoms with E-state index in [1.165, 1.54) is 6.33 Å². The van der Waals surface area contributed by atoms with E-state index in [1.54, 1.807) is 17.0 Å². The Labute approximate surface area is 51.2 Å². The van der Waals surface area contributed by atoms with Crippen molar-refractivity contribution in [3.8, 4) is 0 Å². The fourth-order valence-corrected chi connectivity index (χ4v) is 0.629. The maximum atomic E-state index is 3.88. The topological polar surface area (TPSA) is 43.1 Å². The minimum atomic E-state index is 0.699. The van der Waals surface area contributed by atoms with Crippen molar-refractivity contribution in [2.45, 2.75) is 0 Å². The maximum Gasteiger partial charge on any atom is 0.166 e. The molecule has 0 aliphatic rings. The molecule has 2 rings (SSSR count). The summed E-state index contributed by atoms with van der Waals surface area (Å²) in [5.41, 5.74) is 0.699. The Balaban J connectivity index is 2.95. The predicted octanol–water partition coefficient (Wildman–Crippen LogP) is -0.0755. The first-order chi connectivity index (χ1) is 4.47. The zero-order chi connectivity index (χ0) is 6.10. The molecule has 4 nitrogen and oxygen atoms in total. The van der Waals surface area contributed by atoms with Crippen LogP contribution in [0.3, 0.4) is 0 Å². The quantitative estimate of drug-likeness (QED) is 0.487. The van der Waals surface area contributed by atoms with Gasteiger partial charge in [-0.05, 0) is 0 Å². The molecule has 0 fully saturated rings. The molecule has 43 valence electrons. The third kappa shape index (κ3) is 0.561. The van der Waals surface area contributed by atoms with Gasteiger partial charge in [0, 0.05) is 6.20 Å². The van der Waals surface area contributed by atoms with E-state index in [1.807, 2.05) is 0 Å². The molecule has 1 radical (unpaired) electrons. The van der Waals surface area contributed by atoms with Crippen LogP contribution in [0.15, 0.2) is 18.9 Å². The van der Waals surface area contributed by atoms with E-state index in [-0.39, 0.29) is 0 Å². The van der Waals surface area contributed by atoms with Gasteiger partial charge in [-0.1, -0.05) is 0 Å². The van der Waals surface area contributed by atoms with Gasteiger partial charge in [-0.25, -0.2) is 14.5 Å². The smallest absolute Gasteiger partial charge is 0.166 e. The van der Waals surface area contributed by atoms with E-state index in [2.05, 4.69) is 21.1 Å². The van der Waals surface area contributed by atoms with Gasteiger partial charge in [0.1, 0.15) is 12.7 Å². The summed E-state index contributed by atoms with van der Waals surface area (Å²) in [6.07, 6.45) is 4.61. The zero-order valence-corrected chi connectivity index (χ0v) is 4.52. The van der Waals surface area contributed by atoms with Gasteiger partial charge in [-0.3, -0.25) is 0 Å². The van der Waals surface area contributed by atoms with Gasteiger partial charge in [0.05, 0.1) is 6.07 Å². The van der Waals surface area contributed by atoms with Crippen molar-refractivity contribution in [3.63, 3.8) is 0 Å². The fourth-order valence-electron chi connectivity index (χ4n) is 0.629. The molecule has 0 amide bonds. The molecule has 0 saturated carbocycles. The van der Waals surface area contributed by atoms with Gasteiger partial charge in [-0.2, -0.15) is 5.10 Å². The van der Waals surface area contributed by atoms with E-state index >= 15 is 0 Å². The Morgan fingerprint density at radius 2 is 2.56 bits per heavy atom. The maximum absolute atomic E-state index is 3.88. The Morgan fingerprint density at radius 3 is 3.44 bits per heavy atom. The highest BCUT2D eigenvalue weighted by Gasteiger charge is 1.88. The third-order valence-electron chi connectivity index (χ3n) is 1.02. The minimum absolute atomic E-state index is 0.699. The minimum Gasteiger partial charge on any atom is -0.244 e. The SMILES string of the molecule is [c]1cncn2ncnc12. The summed E-state index contributed by atoms with van der Waals surface area (Å²) in [7, 11) is 0. The number of rotatable bonds is 0. The van der Waals surface area contributed by atoms with Crippen LogP contribution < -0.4 is 0 Å². The molecule has 9 heavy (non-hydrogen) atoms. The molecule has 4 heteroatoms. The molecule has 2 aromatic rings. The summed E-state index contributed by atoms with van der Waals surface area (Å²) in [5, 5.41) is 3.83. The Hall–Kier alpha value is -1.45. The second kappa shape index (κ2) is 1.51. The van der Waals surface area contributed by atoms with E-state index in [0.29, 0.717) is 5.65 Å². The van der Waals surface area contributed by atoms with Crippen LogP contribution in [0.2, 0.25) is 0 Å². The van der Waals surface area contributed by atoms with Crippen LogP contribution in [0, 0.1) is 6.07 Å². The Morgan fingerprint density at radius 1 is 1.56 bits per heavy atom. The summed E-state index contributed by atoms with van der Waals surface area (Å²) in [5.74, 6) is 0. The van der Waals surface area contributed by atoms with E-state index in [4.69, 9.17) is 0 Å². The van der Waals surface area contributed by atoms with Gasteiger partial charge >= 0.3 is 0 Å². The monoisotopic (exact) mass is 119 g/mol. The standard InChI is InChI=1S/C5H3N4/c1-2-6-4-9-5(1)7-3-8-9/h2-4H. The first-order valence-corrected chi connectivity index (χ1v) is 2.48. The summed E-state index contributed by atoms with van der Waals surface area (Å²) in [6.45, 7) is 0. The van der Waals surface area contributed by atoms with Gasteiger partial charge in [0.25, 0.3) is 0 Å². The highest BCUT2D eigenvalue weighted by Crippen LogP contribution is 1.89. The van der Waals surface area contributed by atoms with Crippen LogP contribution in [0.4, 0.5) is 0 Å². The number of fused-ring (bicyclic) bond motifs is 1. The molecule has 0 aromatic carbocycles. The fraction of sp³-hybridized carbons (Fsp3) is 0. The van der Waals surface area contributed by atoms with Crippen molar-refractivity contribution >= 4 is 5.65 Å². The van der Waals surface area contributed by atoms with Gasteiger partial charge in [-0.15, -0.1) is 0 Å². The Kier molecular flexibility index (Phi) is 0.745. The first kappa shape index (κ1) is 4.43. The van der Waals surface area contributed by atoms with Crippen LogP contribution in [0.1, 0.15) is 0 Å². The van der Waals surface area contributed by atoms with Gasteiger partial charge in [0.2, 0.25) is 0 Å². The average Bonchev–Trinajstić information content (AvgIpc) is 2.33. The number of aromatic nitrogens is 4. The van der Waals surface area contributed by atoms with E-state index in [0.717, 1.165) is 0 Å². The molecule has 0 bridgehead atoms. The van der Waals surface area contributed by atoms with Crippen LogP contribution >= 0.6 is 0 Å². The summed E-state index contributed by atoms with van der Waals surface area (Å²) < 4.78 is 1.56. The number of hydrogen-bond donors (Lipinski definition) is 0. The molecule has 2 aromatic heterocycles. The highest BCUT2D eigenvalue weighted by molar-refractivity contribution is 5.30. The molecule has 0 saturated heterocycles. The van der Waals surface area contributed by atoms with Crippen molar-refractivity contribution in [2.24, 2.45) is 0 Å². The molecule has 0 aliphatic heterocycles. The summed E-state index contributed by atoms with van der Waals surface area (Å²) >= 11 is 0. The van der Waals surface area contributed by atoms with E-state index < -0.39 is 0 Å². The largest absolute Gasteiger partial charge is 0.244 e. The highest BCUT2D eigenvalue weighted by atomic mass is 15.3. The molecule has 2 heterocycles. The lowest BCUT2D eigenvalue weighted by Gasteiger charge is -1.83. The Bertz CT molecular complexity index is 283. The van der Waals surface area contributed by atoms with Crippen molar-refractivity contribution in [3.05, 3.63) is 24.9 Å². The molecular formula is C5H3N4. The number of nitrogens with zero attached hydrogens (tertiary/aromatic N) is 4. The third-order valence-corrected chi connectivity index (χ3v) is 1.02. The lowest BCUT2D eigenvalue weighted by atomic mass is 10.6. The van der Waals surface area contributed by atoms with Gasteiger partial charge in [0.15, 0.2) is 5.65 Å². The molecule has 0 spiro atoms. The van der Waals surface area contributed by atoms with Crippen LogP contribution in [-0.2, 0) is 0 Å². The lowest BCUT2D eigenvalue weighted by Crippen LogP contribution is -1.86. The van der Waals surface area contributed by atoms with Crippen molar-refractivity contribution in [1.29, 1.82) is 0 Å². The summed E-state index contributed by atoms with van der Waals surface area (Å²) in [4.78, 5) is 7.66. The second-order valence-electron chi connectivity index (χ2n) is 1.57. The second-order valence-corrected chi connectivity index (χ2v) is 1.57. The average molecular weight is 119 g/mol. The van der Waals surface area contributed by atoms with Crippen molar-refractivity contribution in [2.75, 3.05) is 0 Å². The lowest BCUT2D eigenvalue weighted by molar-refractivity contribution is 0.920. The molecule has 0 atom stereocenters. The van der Waals surface area contributed by atoms with Gasteiger partial charge < -0.3 is 0 Å². The number of hydrogen-bond acceptors (Lipinski definition) is 3. The molecule has 0 unspecified atom stereocenters. The van der Waals surface area contributed by atoms with E-state index in [9.17, 15) is 0 Å².